The van der Waals surface area contributed by atoms with Gasteiger partial charge in [-0.15, -0.1) is 0 Å². The lowest BCUT2D eigenvalue weighted by molar-refractivity contribution is -0.140. The Kier molecular flexibility index (Phi) is 9.40. The summed E-state index contributed by atoms with van der Waals surface area (Å²) in [6.07, 6.45) is 0.765. The molecule has 1 aliphatic rings. The van der Waals surface area contributed by atoms with E-state index in [1.807, 2.05) is 23.6 Å². The van der Waals surface area contributed by atoms with Gasteiger partial charge in [-0.3, -0.25) is 29.1 Å². The third-order valence-electron chi connectivity index (χ3n) is 3.95. The lowest BCUT2D eigenvalue weighted by atomic mass is 10.2. The summed E-state index contributed by atoms with van der Waals surface area (Å²) in [5.41, 5.74) is 0. The predicted molar refractivity (Wildman–Crippen MR) is 92.5 cm³/mol. The first-order valence-corrected chi connectivity index (χ1v) is 8.66. The molecule has 144 valence electrons. The highest BCUT2D eigenvalue weighted by molar-refractivity contribution is 5.78. The van der Waals surface area contributed by atoms with E-state index in [0.717, 1.165) is 6.42 Å². The van der Waals surface area contributed by atoms with E-state index in [-0.39, 0.29) is 31.6 Å². The number of carbonyl (C=O) groups excluding carboxylic acids is 1. The first-order chi connectivity index (χ1) is 11.8. The van der Waals surface area contributed by atoms with Gasteiger partial charge in [-0.1, -0.05) is 0 Å². The van der Waals surface area contributed by atoms with E-state index in [0.29, 0.717) is 39.3 Å². The van der Waals surface area contributed by atoms with Crippen molar-refractivity contribution in [2.75, 3.05) is 58.9 Å². The van der Waals surface area contributed by atoms with Gasteiger partial charge in [0.2, 0.25) is 5.91 Å². The number of rotatable bonds is 7. The zero-order valence-corrected chi connectivity index (χ0v) is 15.1. The molecular weight excluding hydrogens is 328 g/mol. The summed E-state index contributed by atoms with van der Waals surface area (Å²) in [7, 11) is 0. The van der Waals surface area contributed by atoms with Crippen molar-refractivity contribution in [1.29, 1.82) is 0 Å². The smallest absolute Gasteiger partial charge is 0.317 e. The molecule has 0 saturated carbocycles. The Labute approximate surface area is 148 Å². The minimum absolute atomic E-state index is 0.0563. The molecule has 0 spiro atoms. The number of carboxylic acid groups (broad SMARTS) is 2. The van der Waals surface area contributed by atoms with Crippen LogP contribution in [0.15, 0.2) is 0 Å². The number of aliphatic carboxylic acids is 2. The Morgan fingerprint density at radius 3 is 1.60 bits per heavy atom. The van der Waals surface area contributed by atoms with Crippen molar-refractivity contribution in [2.45, 2.75) is 26.3 Å². The van der Waals surface area contributed by atoms with Gasteiger partial charge in [-0.05, 0) is 26.8 Å². The molecule has 0 aromatic heterocycles. The van der Waals surface area contributed by atoms with Crippen LogP contribution in [0.25, 0.3) is 0 Å². The third kappa shape index (κ3) is 10.0. The van der Waals surface area contributed by atoms with E-state index in [2.05, 4.69) is 5.32 Å². The molecule has 9 nitrogen and oxygen atoms in total. The summed E-state index contributed by atoms with van der Waals surface area (Å²) in [5, 5.41) is 20.9. The van der Waals surface area contributed by atoms with E-state index >= 15 is 0 Å². The molecule has 0 aliphatic carbocycles. The van der Waals surface area contributed by atoms with Gasteiger partial charge in [0.05, 0.1) is 19.6 Å². The van der Waals surface area contributed by atoms with Gasteiger partial charge in [0.1, 0.15) is 0 Å². The molecule has 1 saturated heterocycles. The average molecular weight is 358 g/mol. The summed E-state index contributed by atoms with van der Waals surface area (Å²) in [5.74, 6) is -1.86. The van der Waals surface area contributed by atoms with Crippen LogP contribution in [0.1, 0.15) is 20.3 Å². The average Bonchev–Trinajstić information content (AvgIpc) is 2.46. The predicted octanol–water partition coefficient (Wildman–Crippen LogP) is -1.01. The van der Waals surface area contributed by atoms with Crippen LogP contribution in [0.4, 0.5) is 0 Å². The molecule has 1 amide bonds. The van der Waals surface area contributed by atoms with Gasteiger partial charge in [0.15, 0.2) is 0 Å². The van der Waals surface area contributed by atoms with Crippen molar-refractivity contribution in [3.63, 3.8) is 0 Å². The molecule has 3 N–H and O–H groups in total. The van der Waals surface area contributed by atoms with Gasteiger partial charge < -0.3 is 15.5 Å². The van der Waals surface area contributed by atoms with Gasteiger partial charge in [0, 0.05) is 38.8 Å². The standard InChI is InChI=1S/C16H30N4O5/c1-13(2)17-14(21)10-18-4-3-5-19(11-15(22)23)7-9-20(8-6-18)12-16(24)25/h13H,3-12H2,1-2H3,(H,17,21)(H,22,23)(H,24,25). The van der Waals surface area contributed by atoms with E-state index in [1.165, 1.54) is 0 Å². The Morgan fingerprint density at radius 1 is 0.800 bits per heavy atom. The van der Waals surface area contributed by atoms with Crippen LogP contribution in [0.3, 0.4) is 0 Å². The fourth-order valence-corrected chi connectivity index (χ4v) is 2.85. The first-order valence-electron chi connectivity index (χ1n) is 8.66. The number of hydrogen-bond donors (Lipinski definition) is 3. The highest BCUT2D eigenvalue weighted by Gasteiger charge is 2.19. The van der Waals surface area contributed by atoms with Gasteiger partial charge in [0.25, 0.3) is 0 Å². The minimum atomic E-state index is -0.911. The summed E-state index contributed by atoms with van der Waals surface area (Å²) >= 11 is 0. The number of carbonyl (C=O) groups is 3. The second-order valence-corrected chi connectivity index (χ2v) is 6.69. The molecule has 0 bridgehead atoms. The zero-order chi connectivity index (χ0) is 18.8. The number of hydrogen-bond acceptors (Lipinski definition) is 6. The number of amides is 1. The van der Waals surface area contributed by atoms with Crippen LogP contribution < -0.4 is 5.32 Å². The second kappa shape index (κ2) is 11.0. The first kappa shape index (κ1) is 21.3. The molecule has 1 fully saturated rings. The van der Waals surface area contributed by atoms with Crippen LogP contribution in [-0.4, -0.2) is 108 Å². The summed E-state index contributed by atoms with van der Waals surface area (Å²) < 4.78 is 0. The van der Waals surface area contributed by atoms with Crippen molar-refractivity contribution >= 4 is 17.8 Å². The van der Waals surface area contributed by atoms with Gasteiger partial charge >= 0.3 is 11.9 Å². The van der Waals surface area contributed by atoms with E-state index in [1.54, 1.807) is 4.90 Å². The zero-order valence-electron chi connectivity index (χ0n) is 15.1. The number of nitrogens with zero attached hydrogens (tertiary/aromatic N) is 3. The molecule has 0 unspecified atom stereocenters. The Hall–Kier alpha value is -1.71. The Morgan fingerprint density at radius 2 is 1.20 bits per heavy atom. The Bertz CT molecular complexity index is 458. The maximum Gasteiger partial charge on any atom is 0.317 e. The Balaban J connectivity index is 2.68. The quantitative estimate of drug-likeness (QED) is 0.531. The summed E-state index contributed by atoms with van der Waals surface area (Å²) in [6.45, 7) is 7.34. The van der Waals surface area contributed by atoms with E-state index in [4.69, 9.17) is 10.2 Å². The van der Waals surface area contributed by atoms with E-state index < -0.39 is 11.9 Å². The maximum atomic E-state index is 12.0. The van der Waals surface area contributed by atoms with Crippen molar-refractivity contribution in [3.05, 3.63) is 0 Å². The molecule has 25 heavy (non-hydrogen) atoms. The van der Waals surface area contributed by atoms with Crippen molar-refractivity contribution in [1.82, 2.24) is 20.0 Å². The largest absolute Gasteiger partial charge is 0.480 e. The van der Waals surface area contributed by atoms with Crippen LogP contribution in [-0.2, 0) is 14.4 Å². The van der Waals surface area contributed by atoms with Crippen LogP contribution in [0.5, 0.6) is 0 Å². The molecule has 9 heteroatoms. The molecule has 0 aromatic rings. The third-order valence-corrected chi connectivity index (χ3v) is 3.95. The van der Waals surface area contributed by atoms with Crippen LogP contribution in [0, 0.1) is 0 Å². The summed E-state index contributed by atoms with van der Waals surface area (Å²) in [4.78, 5) is 39.6. The molecule has 0 aromatic carbocycles. The van der Waals surface area contributed by atoms with Crippen molar-refractivity contribution in [3.8, 4) is 0 Å². The topological polar surface area (TPSA) is 113 Å². The molecule has 0 radical (unpaired) electrons. The number of carboxylic acids is 2. The highest BCUT2D eigenvalue weighted by Crippen LogP contribution is 2.02. The van der Waals surface area contributed by atoms with Crippen LogP contribution >= 0.6 is 0 Å². The van der Waals surface area contributed by atoms with Gasteiger partial charge in [-0.2, -0.15) is 0 Å². The minimum Gasteiger partial charge on any atom is -0.480 e. The van der Waals surface area contributed by atoms with Crippen LogP contribution in [0.2, 0.25) is 0 Å². The maximum absolute atomic E-state index is 12.0. The fraction of sp³-hybridized carbons (Fsp3) is 0.812. The highest BCUT2D eigenvalue weighted by atomic mass is 16.4. The molecule has 1 heterocycles. The number of nitrogens with one attached hydrogen (secondary N) is 1. The van der Waals surface area contributed by atoms with Crippen molar-refractivity contribution in [2.24, 2.45) is 0 Å². The molecular formula is C16H30N4O5. The lowest BCUT2D eigenvalue weighted by Crippen LogP contribution is -2.47. The molecule has 0 atom stereocenters. The van der Waals surface area contributed by atoms with Gasteiger partial charge in [-0.25, -0.2) is 0 Å². The monoisotopic (exact) mass is 358 g/mol. The SMILES string of the molecule is CC(C)NC(=O)CN1CCCN(CC(=O)O)CCN(CC(=O)O)CC1. The lowest BCUT2D eigenvalue weighted by Gasteiger charge is -2.31. The normalized spacial score (nSPS) is 18.8. The second-order valence-electron chi connectivity index (χ2n) is 6.69. The fourth-order valence-electron chi connectivity index (χ4n) is 2.85. The molecule has 1 rings (SSSR count). The molecule has 1 aliphatic heterocycles. The summed E-state index contributed by atoms with van der Waals surface area (Å²) in [6, 6.07) is 0.0720. The van der Waals surface area contributed by atoms with E-state index in [9.17, 15) is 14.4 Å². The van der Waals surface area contributed by atoms with Crippen molar-refractivity contribution < 1.29 is 24.6 Å².